The number of aromatic nitrogens is 2. The Labute approximate surface area is 188 Å². The number of non-ortho nitro benzene ring substituents is 1. The number of carbonyl (C=O) groups is 2. The Hall–Kier alpha value is -3.53. The van der Waals surface area contributed by atoms with Gasteiger partial charge in [0.15, 0.2) is 0 Å². The summed E-state index contributed by atoms with van der Waals surface area (Å²) >= 11 is 1.50. The quantitative estimate of drug-likeness (QED) is 0.317. The highest BCUT2D eigenvalue weighted by molar-refractivity contribution is 7.13. The molecule has 4 rings (SSSR count). The van der Waals surface area contributed by atoms with E-state index in [0.29, 0.717) is 49.6 Å². The van der Waals surface area contributed by atoms with Crippen molar-refractivity contribution >= 4 is 28.9 Å². The van der Waals surface area contributed by atoms with Crippen LogP contribution in [0.4, 0.5) is 5.69 Å². The molecule has 3 heterocycles. The van der Waals surface area contributed by atoms with E-state index in [1.165, 1.54) is 28.2 Å². The second-order valence-electron chi connectivity index (χ2n) is 7.40. The van der Waals surface area contributed by atoms with Gasteiger partial charge in [0.05, 0.1) is 28.0 Å². The standard InChI is InChI=1S/C22H22N4O5S/c1-2-31-22(28)15-8-10-24(11-9-15)21(27)19-14-18(20-7-4-12-32-20)23-25(19)16-5-3-6-17(13-16)26(29)30/h3-7,12-15H,2,8-11H2,1H3. The van der Waals surface area contributed by atoms with Crippen LogP contribution in [0.1, 0.15) is 30.3 Å². The number of esters is 1. The van der Waals surface area contributed by atoms with Crippen molar-refractivity contribution in [1.29, 1.82) is 0 Å². The number of nitro groups is 1. The van der Waals surface area contributed by atoms with Crippen molar-refractivity contribution in [2.75, 3.05) is 19.7 Å². The van der Waals surface area contributed by atoms with E-state index < -0.39 is 4.92 Å². The minimum absolute atomic E-state index is 0.0793. The van der Waals surface area contributed by atoms with E-state index in [0.717, 1.165) is 4.88 Å². The molecule has 1 saturated heterocycles. The van der Waals surface area contributed by atoms with E-state index in [1.807, 2.05) is 17.5 Å². The number of thiophene rings is 1. The maximum Gasteiger partial charge on any atom is 0.309 e. The highest BCUT2D eigenvalue weighted by atomic mass is 32.1. The fraction of sp³-hybridized carbons (Fsp3) is 0.318. The third-order valence-electron chi connectivity index (χ3n) is 5.39. The van der Waals surface area contributed by atoms with Gasteiger partial charge in [-0.25, -0.2) is 4.68 Å². The Bertz CT molecular complexity index is 1130. The number of amides is 1. The van der Waals surface area contributed by atoms with Gasteiger partial charge in [0.2, 0.25) is 0 Å². The smallest absolute Gasteiger partial charge is 0.309 e. The summed E-state index contributed by atoms with van der Waals surface area (Å²) in [5.41, 5.74) is 1.30. The van der Waals surface area contributed by atoms with Crippen LogP contribution in [0, 0.1) is 16.0 Å². The first-order valence-corrected chi connectivity index (χ1v) is 11.2. The SMILES string of the molecule is CCOC(=O)C1CCN(C(=O)c2cc(-c3cccs3)nn2-c2cccc([N+](=O)[O-])c2)CC1. The molecule has 1 aliphatic rings. The zero-order chi connectivity index (χ0) is 22.7. The lowest BCUT2D eigenvalue weighted by Crippen LogP contribution is -2.41. The number of nitro benzene ring substituents is 1. The Morgan fingerprint density at radius 3 is 2.66 bits per heavy atom. The number of rotatable bonds is 6. The molecule has 1 amide bonds. The molecule has 9 nitrogen and oxygen atoms in total. The first kappa shape index (κ1) is 21.7. The predicted molar refractivity (Wildman–Crippen MR) is 119 cm³/mol. The molecule has 1 aromatic carbocycles. The topological polar surface area (TPSA) is 108 Å². The van der Waals surface area contributed by atoms with Crippen LogP contribution in [0.2, 0.25) is 0 Å². The molecule has 0 radical (unpaired) electrons. The molecule has 0 atom stereocenters. The van der Waals surface area contributed by atoms with Crippen molar-refractivity contribution in [1.82, 2.24) is 14.7 Å². The molecule has 0 saturated carbocycles. The monoisotopic (exact) mass is 454 g/mol. The molecule has 0 spiro atoms. The fourth-order valence-corrected chi connectivity index (χ4v) is 4.44. The Balaban J connectivity index is 1.64. The van der Waals surface area contributed by atoms with Crippen LogP contribution in [-0.2, 0) is 9.53 Å². The number of hydrogen-bond acceptors (Lipinski definition) is 7. The van der Waals surface area contributed by atoms with Crippen LogP contribution in [0.5, 0.6) is 0 Å². The van der Waals surface area contributed by atoms with Gasteiger partial charge < -0.3 is 9.64 Å². The van der Waals surface area contributed by atoms with Gasteiger partial charge in [-0.05, 0) is 43.3 Å². The van der Waals surface area contributed by atoms with Crippen LogP contribution in [0.25, 0.3) is 16.3 Å². The molecular weight excluding hydrogens is 432 g/mol. The number of ether oxygens (including phenoxy) is 1. The molecule has 3 aromatic rings. The molecule has 1 aliphatic heterocycles. The van der Waals surface area contributed by atoms with E-state index >= 15 is 0 Å². The van der Waals surface area contributed by atoms with Crippen LogP contribution in [0.3, 0.4) is 0 Å². The Kier molecular flexibility index (Phi) is 6.31. The molecule has 0 aliphatic carbocycles. The number of benzene rings is 1. The van der Waals surface area contributed by atoms with Crippen molar-refractivity contribution in [3.05, 3.63) is 63.7 Å². The van der Waals surface area contributed by atoms with Crippen molar-refractivity contribution in [2.45, 2.75) is 19.8 Å². The van der Waals surface area contributed by atoms with Gasteiger partial charge in [-0.2, -0.15) is 5.10 Å². The predicted octanol–water partition coefficient (Wildman–Crippen LogP) is 3.92. The molecule has 1 fully saturated rings. The highest BCUT2D eigenvalue weighted by Crippen LogP contribution is 2.28. The van der Waals surface area contributed by atoms with E-state index in [1.54, 1.807) is 30.0 Å². The Morgan fingerprint density at radius 2 is 2.00 bits per heavy atom. The van der Waals surface area contributed by atoms with Gasteiger partial charge in [0.25, 0.3) is 11.6 Å². The number of carbonyl (C=O) groups excluding carboxylic acids is 2. The summed E-state index contributed by atoms with van der Waals surface area (Å²) in [6, 6.07) is 11.6. The van der Waals surface area contributed by atoms with Gasteiger partial charge >= 0.3 is 5.97 Å². The lowest BCUT2D eigenvalue weighted by Gasteiger charge is -2.30. The second-order valence-corrected chi connectivity index (χ2v) is 8.35. The fourth-order valence-electron chi connectivity index (χ4n) is 3.75. The summed E-state index contributed by atoms with van der Waals surface area (Å²) in [5, 5.41) is 17.7. The summed E-state index contributed by atoms with van der Waals surface area (Å²) in [6.07, 6.45) is 1.07. The van der Waals surface area contributed by atoms with Gasteiger partial charge in [-0.3, -0.25) is 19.7 Å². The first-order valence-electron chi connectivity index (χ1n) is 10.3. The molecular formula is C22H22N4O5S. The molecule has 32 heavy (non-hydrogen) atoms. The van der Waals surface area contributed by atoms with Crippen LogP contribution in [0.15, 0.2) is 47.8 Å². The van der Waals surface area contributed by atoms with E-state index in [2.05, 4.69) is 5.10 Å². The van der Waals surface area contributed by atoms with Crippen molar-refractivity contribution in [2.24, 2.45) is 5.92 Å². The number of piperidine rings is 1. The largest absolute Gasteiger partial charge is 0.466 e. The summed E-state index contributed by atoms with van der Waals surface area (Å²) in [6.45, 7) is 2.97. The van der Waals surface area contributed by atoms with Crippen molar-refractivity contribution in [3.8, 4) is 16.3 Å². The minimum Gasteiger partial charge on any atom is -0.466 e. The molecule has 0 N–H and O–H groups in total. The zero-order valence-corrected chi connectivity index (χ0v) is 18.3. The normalized spacial score (nSPS) is 14.3. The molecule has 166 valence electrons. The average molecular weight is 455 g/mol. The number of hydrogen-bond donors (Lipinski definition) is 0. The first-order chi connectivity index (χ1) is 15.5. The van der Waals surface area contributed by atoms with Crippen LogP contribution >= 0.6 is 11.3 Å². The third-order valence-corrected chi connectivity index (χ3v) is 6.28. The maximum atomic E-state index is 13.4. The van der Waals surface area contributed by atoms with E-state index in [4.69, 9.17) is 4.74 Å². The van der Waals surface area contributed by atoms with Crippen LogP contribution < -0.4 is 0 Å². The van der Waals surface area contributed by atoms with Gasteiger partial charge in [-0.15, -0.1) is 11.3 Å². The van der Waals surface area contributed by atoms with E-state index in [-0.39, 0.29) is 23.5 Å². The Morgan fingerprint density at radius 1 is 1.22 bits per heavy atom. The lowest BCUT2D eigenvalue weighted by atomic mass is 9.97. The summed E-state index contributed by atoms with van der Waals surface area (Å²) in [5.74, 6) is -0.655. The van der Waals surface area contributed by atoms with Crippen molar-refractivity contribution in [3.63, 3.8) is 0 Å². The zero-order valence-electron chi connectivity index (χ0n) is 17.5. The summed E-state index contributed by atoms with van der Waals surface area (Å²) in [4.78, 5) is 38.8. The van der Waals surface area contributed by atoms with E-state index in [9.17, 15) is 19.7 Å². The average Bonchev–Trinajstić information content (AvgIpc) is 3.49. The summed E-state index contributed by atoms with van der Waals surface area (Å²) in [7, 11) is 0. The van der Waals surface area contributed by atoms with Crippen LogP contribution in [-0.4, -0.2) is 51.2 Å². The van der Waals surface area contributed by atoms with Crippen molar-refractivity contribution < 1.29 is 19.2 Å². The molecule has 10 heteroatoms. The second kappa shape index (κ2) is 9.31. The summed E-state index contributed by atoms with van der Waals surface area (Å²) < 4.78 is 6.56. The number of likely N-dealkylation sites (tertiary alicyclic amines) is 1. The maximum absolute atomic E-state index is 13.4. The molecule has 0 bridgehead atoms. The van der Waals surface area contributed by atoms with Gasteiger partial charge in [0, 0.05) is 25.2 Å². The van der Waals surface area contributed by atoms with Gasteiger partial charge in [0.1, 0.15) is 11.4 Å². The number of nitrogens with zero attached hydrogens (tertiary/aromatic N) is 4. The minimum atomic E-state index is -0.477. The highest BCUT2D eigenvalue weighted by Gasteiger charge is 2.30. The molecule has 2 aromatic heterocycles. The molecule has 0 unspecified atom stereocenters. The third kappa shape index (κ3) is 4.40. The van der Waals surface area contributed by atoms with Gasteiger partial charge in [-0.1, -0.05) is 12.1 Å². The lowest BCUT2D eigenvalue weighted by molar-refractivity contribution is -0.384.